The summed E-state index contributed by atoms with van der Waals surface area (Å²) < 4.78 is 12.0. The van der Waals surface area contributed by atoms with E-state index in [2.05, 4.69) is 20.9 Å². The Bertz CT molecular complexity index is 1200. The van der Waals surface area contributed by atoms with Crippen LogP contribution in [0.15, 0.2) is 88.0 Å². The van der Waals surface area contributed by atoms with E-state index in [-0.39, 0.29) is 17.3 Å². The van der Waals surface area contributed by atoms with Crippen molar-refractivity contribution in [2.24, 2.45) is 4.99 Å². The van der Waals surface area contributed by atoms with Crippen LogP contribution in [0.4, 0.5) is 5.69 Å². The number of cyclic esters (lactones) is 1. The molecule has 0 unspecified atom stereocenters. The van der Waals surface area contributed by atoms with Crippen molar-refractivity contribution in [1.29, 1.82) is 0 Å². The minimum atomic E-state index is -0.581. The highest BCUT2D eigenvalue weighted by Gasteiger charge is 2.24. The normalized spacial score (nSPS) is 14.3. The quantitative estimate of drug-likeness (QED) is 0.208. The van der Waals surface area contributed by atoms with Crippen LogP contribution in [0, 0.1) is 10.1 Å². The van der Waals surface area contributed by atoms with Crippen molar-refractivity contribution in [3.63, 3.8) is 0 Å². The van der Waals surface area contributed by atoms with Gasteiger partial charge in [0.1, 0.15) is 12.4 Å². The number of hydrogen-bond acceptors (Lipinski definition) is 6. The molecule has 1 aliphatic rings. The first kappa shape index (κ1) is 20.5. The molecule has 3 aromatic carbocycles. The number of esters is 1. The highest BCUT2D eigenvalue weighted by atomic mass is 79.9. The number of carbonyl (C=O) groups is 1. The first-order valence-electron chi connectivity index (χ1n) is 9.23. The molecule has 31 heavy (non-hydrogen) atoms. The topological polar surface area (TPSA) is 91.0 Å². The summed E-state index contributed by atoms with van der Waals surface area (Å²) in [6.07, 6.45) is 1.61. The van der Waals surface area contributed by atoms with Crippen molar-refractivity contribution in [3.8, 4) is 5.75 Å². The Morgan fingerprint density at radius 1 is 1.03 bits per heavy atom. The minimum absolute atomic E-state index is 0.0497. The smallest absolute Gasteiger partial charge is 0.363 e. The number of nitrogens with zero attached hydrogens (tertiary/aromatic N) is 2. The van der Waals surface area contributed by atoms with Gasteiger partial charge in [-0.25, -0.2) is 9.79 Å². The van der Waals surface area contributed by atoms with Crippen molar-refractivity contribution in [2.75, 3.05) is 0 Å². The lowest BCUT2D eigenvalue weighted by Gasteiger charge is -2.08. The molecule has 0 spiro atoms. The zero-order chi connectivity index (χ0) is 21.8. The average Bonchev–Trinajstić information content (AvgIpc) is 3.14. The maximum atomic E-state index is 12.2. The highest BCUT2D eigenvalue weighted by Crippen LogP contribution is 2.23. The maximum Gasteiger partial charge on any atom is 0.363 e. The molecular formula is C23H15BrN2O5. The highest BCUT2D eigenvalue weighted by molar-refractivity contribution is 9.10. The molecule has 0 fully saturated rings. The molecule has 1 heterocycles. The maximum absolute atomic E-state index is 12.2. The Morgan fingerprint density at radius 3 is 2.42 bits per heavy atom. The van der Waals surface area contributed by atoms with Crippen LogP contribution in [0.3, 0.4) is 0 Å². The van der Waals surface area contributed by atoms with Crippen LogP contribution in [0.25, 0.3) is 6.08 Å². The molecule has 1 aliphatic heterocycles. The predicted molar refractivity (Wildman–Crippen MR) is 119 cm³/mol. The van der Waals surface area contributed by atoms with Crippen LogP contribution in [-0.4, -0.2) is 16.8 Å². The first-order chi connectivity index (χ1) is 15.0. The summed E-state index contributed by atoms with van der Waals surface area (Å²) in [5, 5.41) is 10.8. The van der Waals surface area contributed by atoms with Gasteiger partial charge < -0.3 is 9.47 Å². The Morgan fingerprint density at radius 2 is 1.74 bits per heavy atom. The lowest BCUT2D eigenvalue weighted by atomic mass is 10.2. The summed E-state index contributed by atoms with van der Waals surface area (Å²) in [7, 11) is 0. The molecule has 0 aliphatic carbocycles. The number of benzene rings is 3. The molecule has 0 bridgehead atoms. The third kappa shape index (κ3) is 4.87. The fourth-order valence-electron chi connectivity index (χ4n) is 2.85. The average molecular weight is 479 g/mol. The van der Waals surface area contributed by atoms with Crippen molar-refractivity contribution in [1.82, 2.24) is 0 Å². The van der Waals surface area contributed by atoms with Gasteiger partial charge in [-0.15, -0.1) is 0 Å². The van der Waals surface area contributed by atoms with Gasteiger partial charge in [-0.05, 0) is 42.0 Å². The summed E-state index contributed by atoms with van der Waals surface area (Å²) >= 11 is 3.49. The van der Waals surface area contributed by atoms with E-state index in [1.165, 1.54) is 24.3 Å². The van der Waals surface area contributed by atoms with Gasteiger partial charge in [0, 0.05) is 27.7 Å². The number of aliphatic imine (C=N–C) groups is 1. The number of ether oxygens (including phenoxy) is 2. The number of hydrogen-bond donors (Lipinski definition) is 0. The van der Waals surface area contributed by atoms with Gasteiger partial charge in [0.15, 0.2) is 5.70 Å². The van der Waals surface area contributed by atoms with Crippen LogP contribution < -0.4 is 4.74 Å². The van der Waals surface area contributed by atoms with Crippen LogP contribution in [-0.2, 0) is 16.1 Å². The molecule has 0 aromatic heterocycles. The molecule has 4 rings (SSSR count). The van der Waals surface area contributed by atoms with Gasteiger partial charge in [-0.1, -0.05) is 46.3 Å². The second kappa shape index (κ2) is 8.93. The Labute approximate surface area is 185 Å². The van der Waals surface area contributed by atoms with E-state index in [9.17, 15) is 14.9 Å². The Kier molecular flexibility index (Phi) is 5.90. The third-order valence-corrected chi connectivity index (χ3v) is 5.25. The summed E-state index contributed by atoms with van der Waals surface area (Å²) in [6, 6.07) is 20.7. The van der Waals surface area contributed by atoms with Crippen molar-refractivity contribution in [2.45, 2.75) is 6.61 Å². The number of halogens is 1. The lowest BCUT2D eigenvalue weighted by Crippen LogP contribution is -2.05. The number of non-ortho nitro benzene ring substituents is 1. The van der Waals surface area contributed by atoms with Crippen LogP contribution in [0.1, 0.15) is 16.7 Å². The van der Waals surface area contributed by atoms with E-state index in [0.717, 1.165) is 15.6 Å². The molecule has 154 valence electrons. The molecule has 8 heteroatoms. The molecule has 0 radical (unpaired) electrons. The van der Waals surface area contributed by atoms with E-state index < -0.39 is 10.9 Å². The summed E-state index contributed by atoms with van der Waals surface area (Å²) in [5.74, 6) is 0.226. The van der Waals surface area contributed by atoms with Crippen LogP contribution >= 0.6 is 15.9 Å². The van der Waals surface area contributed by atoms with Crippen molar-refractivity contribution >= 4 is 39.6 Å². The second-order valence-electron chi connectivity index (χ2n) is 6.59. The number of rotatable bonds is 6. The fourth-order valence-corrected chi connectivity index (χ4v) is 3.25. The minimum Gasteiger partial charge on any atom is -0.489 e. The summed E-state index contributed by atoms with van der Waals surface area (Å²) in [5.41, 5.74) is 2.38. The summed E-state index contributed by atoms with van der Waals surface area (Å²) in [6.45, 7) is 0.428. The Hall–Kier alpha value is -3.78. The van der Waals surface area contributed by atoms with Crippen LogP contribution in [0.2, 0.25) is 0 Å². The monoisotopic (exact) mass is 478 g/mol. The largest absolute Gasteiger partial charge is 0.489 e. The number of carbonyl (C=O) groups excluding carboxylic acids is 1. The van der Waals surface area contributed by atoms with E-state index in [1.54, 1.807) is 6.08 Å². The van der Waals surface area contributed by atoms with Gasteiger partial charge in [-0.3, -0.25) is 10.1 Å². The molecule has 0 saturated heterocycles. The number of nitro groups is 1. The summed E-state index contributed by atoms with van der Waals surface area (Å²) in [4.78, 5) is 26.6. The zero-order valence-electron chi connectivity index (χ0n) is 16.0. The molecular weight excluding hydrogens is 464 g/mol. The van der Waals surface area contributed by atoms with Gasteiger partial charge in [-0.2, -0.15) is 0 Å². The van der Waals surface area contributed by atoms with Crippen molar-refractivity contribution in [3.05, 3.63) is 110 Å². The predicted octanol–water partition coefficient (Wildman–Crippen LogP) is 5.28. The van der Waals surface area contributed by atoms with Gasteiger partial charge in [0.05, 0.1) is 4.92 Å². The van der Waals surface area contributed by atoms with E-state index in [0.29, 0.717) is 17.9 Å². The molecule has 0 atom stereocenters. The fraction of sp³-hybridized carbons (Fsp3) is 0.0435. The molecule has 7 nitrogen and oxygen atoms in total. The third-order valence-electron chi connectivity index (χ3n) is 4.48. The SMILES string of the molecule is O=C1OC(c2ccc([N+](=O)[O-])cc2)=N/C1=C\c1ccc(OCc2ccccc2Br)cc1. The molecule has 0 saturated carbocycles. The van der Waals surface area contributed by atoms with Gasteiger partial charge in [0.25, 0.3) is 5.69 Å². The zero-order valence-corrected chi connectivity index (χ0v) is 17.6. The van der Waals surface area contributed by atoms with Crippen molar-refractivity contribution < 1.29 is 19.2 Å². The lowest BCUT2D eigenvalue weighted by molar-refractivity contribution is -0.384. The van der Waals surface area contributed by atoms with E-state index in [4.69, 9.17) is 9.47 Å². The van der Waals surface area contributed by atoms with Gasteiger partial charge >= 0.3 is 5.97 Å². The first-order valence-corrected chi connectivity index (χ1v) is 10.0. The molecule has 0 N–H and O–H groups in total. The van der Waals surface area contributed by atoms with Gasteiger partial charge in [0.2, 0.25) is 5.90 Å². The van der Waals surface area contributed by atoms with E-state index >= 15 is 0 Å². The van der Waals surface area contributed by atoms with E-state index in [1.807, 2.05) is 48.5 Å². The van der Waals surface area contributed by atoms with Crippen LogP contribution in [0.5, 0.6) is 5.75 Å². The molecule has 0 amide bonds. The Balaban J connectivity index is 1.45. The number of nitro benzene ring substituents is 1. The standard InChI is InChI=1S/C23H15BrN2O5/c24-20-4-2-1-3-17(20)14-30-19-11-5-15(6-12-19)13-21-23(27)31-22(25-21)16-7-9-18(10-8-16)26(28)29/h1-13H,14H2/b21-13-. The molecule has 3 aromatic rings. The second-order valence-corrected chi connectivity index (χ2v) is 7.44.